The summed E-state index contributed by atoms with van der Waals surface area (Å²) in [4.78, 5) is 0. The van der Waals surface area contributed by atoms with Gasteiger partial charge in [0.05, 0.1) is 18.8 Å². The predicted molar refractivity (Wildman–Crippen MR) is 71.0 cm³/mol. The van der Waals surface area contributed by atoms with Crippen LogP contribution in [0.2, 0.25) is 0 Å². The van der Waals surface area contributed by atoms with Crippen LogP contribution in [0.3, 0.4) is 0 Å². The van der Waals surface area contributed by atoms with Crippen LogP contribution in [0.4, 0.5) is 0 Å². The lowest BCUT2D eigenvalue weighted by atomic mass is 9.84. The summed E-state index contributed by atoms with van der Waals surface area (Å²) in [6.45, 7) is 5.55. The molecule has 2 unspecified atom stereocenters. The van der Waals surface area contributed by atoms with Gasteiger partial charge in [0, 0.05) is 6.61 Å². The Labute approximate surface area is 109 Å². The maximum absolute atomic E-state index is 10.4. The summed E-state index contributed by atoms with van der Waals surface area (Å²) in [6.07, 6.45) is 1.67. The van der Waals surface area contributed by atoms with E-state index in [1.165, 1.54) is 5.56 Å². The van der Waals surface area contributed by atoms with E-state index in [2.05, 4.69) is 6.07 Å². The number of hydrogen-bond acceptors (Lipinski definition) is 3. The second-order valence-electron chi connectivity index (χ2n) is 5.21. The molecule has 2 rings (SSSR count). The molecule has 0 spiro atoms. The largest absolute Gasteiger partial charge is 0.493 e. The maximum Gasteiger partial charge on any atom is 0.122 e. The molecular weight excluding hydrogens is 228 g/mol. The van der Waals surface area contributed by atoms with Crippen molar-refractivity contribution in [1.82, 2.24) is 0 Å². The lowest BCUT2D eigenvalue weighted by Crippen LogP contribution is -2.34. The predicted octanol–water partition coefficient (Wildman–Crippen LogP) is 2.73. The molecule has 0 saturated carbocycles. The Morgan fingerprint density at radius 2 is 2.22 bits per heavy atom. The minimum Gasteiger partial charge on any atom is -0.493 e. The van der Waals surface area contributed by atoms with Crippen LogP contribution >= 0.6 is 0 Å². The average Bonchev–Trinajstić information content (AvgIpc) is 2.37. The summed E-state index contributed by atoms with van der Waals surface area (Å²) >= 11 is 0. The first-order chi connectivity index (χ1) is 8.62. The lowest BCUT2D eigenvalue weighted by molar-refractivity contribution is -0.0415. The highest BCUT2D eigenvalue weighted by atomic mass is 16.5. The Balaban J connectivity index is 2.06. The highest BCUT2D eigenvalue weighted by molar-refractivity contribution is 5.37. The average molecular weight is 250 g/mol. The van der Waals surface area contributed by atoms with Gasteiger partial charge in [-0.3, -0.25) is 0 Å². The molecule has 1 aliphatic heterocycles. The molecule has 3 nitrogen and oxygen atoms in total. The van der Waals surface area contributed by atoms with Gasteiger partial charge in [0.1, 0.15) is 5.75 Å². The second-order valence-corrected chi connectivity index (χ2v) is 5.21. The molecule has 1 heterocycles. The third-order valence-corrected chi connectivity index (χ3v) is 3.39. The molecule has 18 heavy (non-hydrogen) atoms. The second kappa shape index (κ2) is 5.72. The van der Waals surface area contributed by atoms with Crippen LogP contribution in [-0.2, 0) is 4.74 Å². The standard InChI is InChI=1S/C15H22O3/c1-3-17-11-15(2,16)10-12-8-9-18-14-7-5-4-6-13(12)14/h4-7,12,16H,3,8-11H2,1-2H3. The zero-order chi connectivity index (χ0) is 13.0. The molecule has 1 aromatic rings. The Kier molecular flexibility index (Phi) is 4.25. The quantitative estimate of drug-likeness (QED) is 0.873. The number of aliphatic hydroxyl groups is 1. The van der Waals surface area contributed by atoms with E-state index in [0.717, 1.165) is 18.8 Å². The van der Waals surface area contributed by atoms with Gasteiger partial charge in [0.2, 0.25) is 0 Å². The molecule has 1 aromatic carbocycles. The van der Waals surface area contributed by atoms with Crippen molar-refractivity contribution < 1.29 is 14.6 Å². The van der Waals surface area contributed by atoms with Crippen molar-refractivity contribution in [2.45, 2.75) is 38.2 Å². The van der Waals surface area contributed by atoms with Crippen LogP contribution in [0.5, 0.6) is 5.75 Å². The normalized spacial score (nSPS) is 21.8. The van der Waals surface area contributed by atoms with Crippen molar-refractivity contribution in [1.29, 1.82) is 0 Å². The zero-order valence-corrected chi connectivity index (χ0v) is 11.2. The fraction of sp³-hybridized carbons (Fsp3) is 0.600. The smallest absolute Gasteiger partial charge is 0.122 e. The van der Waals surface area contributed by atoms with Crippen LogP contribution in [0.1, 0.15) is 38.2 Å². The van der Waals surface area contributed by atoms with E-state index in [0.29, 0.717) is 25.6 Å². The summed E-state index contributed by atoms with van der Waals surface area (Å²) in [5.41, 5.74) is 0.436. The number of ether oxygens (including phenoxy) is 2. The summed E-state index contributed by atoms with van der Waals surface area (Å²) in [7, 11) is 0. The Morgan fingerprint density at radius 1 is 1.44 bits per heavy atom. The Morgan fingerprint density at radius 3 is 3.00 bits per heavy atom. The number of benzene rings is 1. The van der Waals surface area contributed by atoms with Gasteiger partial charge < -0.3 is 14.6 Å². The van der Waals surface area contributed by atoms with E-state index in [1.54, 1.807) is 0 Å². The molecule has 1 N–H and O–H groups in total. The molecule has 3 heteroatoms. The molecule has 2 atom stereocenters. The topological polar surface area (TPSA) is 38.7 Å². The molecule has 0 bridgehead atoms. The van der Waals surface area contributed by atoms with Crippen molar-refractivity contribution in [2.75, 3.05) is 19.8 Å². The Hall–Kier alpha value is -1.06. The van der Waals surface area contributed by atoms with E-state index in [-0.39, 0.29) is 0 Å². The van der Waals surface area contributed by atoms with Gasteiger partial charge in [0.15, 0.2) is 0 Å². The minimum atomic E-state index is -0.773. The highest BCUT2D eigenvalue weighted by Gasteiger charge is 2.30. The molecule has 0 aromatic heterocycles. The minimum absolute atomic E-state index is 0.352. The first kappa shape index (κ1) is 13.4. The summed E-state index contributed by atoms with van der Waals surface area (Å²) in [5, 5.41) is 10.4. The molecular formula is C15H22O3. The summed E-state index contributed by atoms with van der Waals surface area (Å²) < 4.78 is 11.0. The SMILES string of the molecule is CCOCC(C)(O)CC1CCOc2ccccc21. The van der Waals surface area contributed by atoms with E-state index in [9.17, 15) is 5.11 Å². The van der Waals surface area contributed by atoms with Crippen LogP contribution < -0.4 is 4.74 Å². The van der Waals surface area contributed by atoms with Gasteiger partial charge in [-0.25, -0.2) is 0 Å². The van der Waals surface area contributed by atoms with Gasteiger partial charge >= 0.3 is 0 Å². The van der Waals surface area contributed by atoms with Crippen molar-refractivity contribution in [3.8, 4) is 5.75 Å². The fourth-order valence-corrected chi connectivity index (χ4v) is 2.54. The van der Waals surface area contributed by atoms with Gasteiger partial charge in [-0.1, -0.05) is 18.2 Å². The van der Waals surface area contributed by atoms with Crippen molar-refractivity contribution in [2.24, 2.45) is 0 Å². The molecule has 0 saturated heterocycles. The first-order valence-electron chi connectivity index (χ1n) is 6.64. The summed E-state index contributed by atoms with van der Waals surface area (Å²) in [5.74, 6) is 1.31. The maximum atomic E-state index is 10.4. The van der Waals surface area contributed by atoms with Crippen LogP contribution in [0, 0.1) is 0 Å². The monoisotopic (exact) mass is 250 g/mol. The van der Waals surface area contributed by atoms with Gasteiger partial charge in [-0.2, -0.15) is 0 Å². The number of para-hydroxylation sites is 1. The number of rotatable bonds is 5. The highest BCUT2D eigenvalue weighted by Crippen LogP contribution is 2.38. The van der Waals surface area contributed by atoms with E-state index < -0.39 is 5.60 Å². The molecule has 100 valence electrons. The van der Waals surface area contributed by atoms with Gasteiger partial charge in [0.25, 0.3) is 0 Å². The van der Waals surface area contributed by atoms with Gasteiger partial charge in [-0.15, -0.1) is 0 Å². The van der Waals surface area contributed by atoms with Crippen molar-refractivity contribution >= 4 is 0 Å². The van der Waals surface area contributed by atoms with E-state index in [4.69, 9.17) is 9.47 Å². The molecule has 0 aliphatic carbocycles. The Bertz CT molecular complexity index is 387. The lowest BCUT2D eigenvalue weighted by Gasteiger charge is -2.32. The van der Waals surface area contributed by atoms with E-state index in [1.807, 2.05) is 32.0 Å². The first-order valence-corrected chi connectivity index (χ1v) is 6.64. The molecule has 0 radical (unpaired) electrons. The van der Waals surface area contributed by atoms with Gasteiger partial charge in [-0.05, 0) is 44.2 Å². The molecule has 0 amide bonds. The molecule has 0 fully saturated rings. The third-order valence-electron chi connectivity index (χ3n) is 3.39. The van der Waals surface area contributed by atoms with Crippen molar-refractivity contribution in [3.05, 3.63) is 29.8 Å². The van der Waals surface area contributed by atoms with Crippen molar-refractivity contribution in [3.63, 3.8) is 0 Å². The number of hydrogen-bond donors (Lipinski definition) is 1. The fourth-order valence-electron chi connectivity index (χ4n) is 2.54. The number of fused-ring (bicyclic) bond motifs is 1. The van der Waals surface area contributed by atoms with E-state index >= 15 is 0 Å². The summed E-state index contributed by atoms with van der Waals surface area (Å²) in [6, 6.07) is 8.10. The van der Waals surface area contributed by atoms with Crippen LogP contribution in [-0.4, -0.2) is 30.5 Å². The molecule has 1 aliphatic rings. The van der Waals surface area contributed by atoms with Crippen LogP contribution in [0.15, 0.2) is 24.3 Å². The third kappa shape index (κ3) is 3.24. The van der Waals surface area contributed by atoms with Crippen LogP contribution in [0.25, 0.3) is 0 Å². The zero-order valence-electron chi connectivity index (χ0n) is 11.2.